The van der Waals surface area contributed by atoms with Crippen LogP contribution in [0, 0.1) is 25.6 Å². The Morgan fingerprint density at radius 1 is 1.23 bits per heavy atom. The molecule has 0 amide bonds. The van der Waals surface area contributed by atoms with E-state index in [9.17, 15) is 4.39 Å². The molecule has 1 aromatic carbocycles. The van der Waals surface area contributed by atoms with E-state index in [4.69, 9.17) is 0 Å². The lowest BCUT2D eigenvalue weighted by molar-refractivity contribution is 0.570. The highest BCUT2D eigenvalue weighted by Gasteiger charge is 2.08. The van der Waals surface area contributed by atoms with E-state index < -0.39 is 0 Å². The Bertz CT molecular complexity index is 277. The first-order valence-electron chi connectivity index (χ1n) is 4.76. The van der Waals surface area contributed by atoms with E-state index in [1.807, 2.05) is 19.9 Å². The smallest absolute Gasteiger partial charge is 0.126 e. The van der Waals surface area contributed by atoms with Gasteiger partial charge in [-0.2, -0.15) is 0 Å². The van der Waals surface area contributed by atoms with Crippen LogP contribution in [-0.4, -0.2) is 0 Å². The number of benzene rings is 1. The van der Waals surface area contributed by atoms with Crippen molar-refractivity contribution in [3.05, 3.63) is 34.6 Å². The van der Waals surface area contributed by atoms with Crippen LogP contribution in [-0.2, 0) is 6.42 Å². The van der Waals surface area contributed by atoms with Gasteiger partial charge in [0.1, 0.15) is 5.82 Å². The molecule has 13 heavy (non-hydrogen) atoms. The molecule has 0 aromatic heterocycles. The molecular weight excluding hydrogens is 163 g/mol. The van der Waals surface area contributed by atoms with E-state index >= 15 is 0 Å². The molecule has 1 aromatic rings. The van der Waals surface area contributed by atoms with E-state index in [2.05, 4.69) is 13.8 Å². The average molecular weight is 180 g/mol. The lowest BCUT2D eigenvalue weighted by Crippen LogP contribution is -2.01. The number of aryl methyl sites for hydroxylation is 2. The summed E-state index contributed by atoms with van der Waals surface area (Å²) in [7, 11) is 0. The maximum absolute atomic E-state index is 13.5. The largest absolute Gasteiger partial charge is 0.207 e. The molecule has 72 valence electrons. The summed E-state index contributed by atoms with van der Waals surface area (Å²) in [5.74, 6) is 0.460. The summed E-state index contributed by atoms with van der Waals surface area (Å²) < 4.78 is 13.5. The molecule has 0 unspecified atom stereocenters. The van der Waals surface area contributed by atoms with Crippen LogP contribution in [0.4, 0.5) is 4.39 Å². The normalized spacial score (nSPS) is 10.9. The summed E-state index contributed by atoms with van der Waals surface area (Å²) >= 11 is 0. The zero-order chi connectivity index (χ0) is 10.0. The Balaban J connectivity index is 3.06. The van der Waals surface area contributed by atoms with E-state index in [0.717, 1.165) is 23.1 Å². The van der Waals surface area contributed by atoms with Crippen molar-refractivity contribution in [3.63, 3.8) is 0 Å². The van der Waals surface area contributed by atoms with Crippen molar-refractivity contribution in [2.24, 2.45) is 5.92 Å². The third-order valence-corrected chi connectivity index (χ3v) is 2.18. The summed E-state index contributed by atoms with van der Waals surface area (Å²) in [5, 5.41) is 0. The minimum Gasteiger partial charge on any atom is -0.207 e. The third-order valence-electron chi connectivity index (χ3n) is 2.18. The average Bonchev–Trinajstić information content (AvgIpc) is 1.96. The number of hydrogen-bond donors (Lipinski definition) is 0. The third kappa shape index (κ3) is 2.55. The highest BCUT2D eigenvalue weighted by Crippen LogP contribution is 2.18. The second-order valence-corrected chi connectivity index (χ2v) is 4.14. The first-order chi connectivity index (χ1) is 6.00. The van der Waals surface area contributed by atoms with Gasteiger partial charge in [0.15, 0.2) is 0 Å². The monoisotopic (exact) mass is 180 g/mol. The van der Waals surface area contributed by atoms with Gasteiger partial charge in [0.2, 0.25) is 0 Å². The minimum atomic E-state index is -0.0498. The van der Waals surface area contributed by atoms with Crippen molar-refractivity contribution in [1.82, 2.24) is 0 Å². The first kappa shape index (κ1) is 10.2. The van der Waals surface area contributed by atoms with Crippen LogP contribution in [0.1, 0.15) is 30.5 Å². The second-order valence-electron chi connectivity index (χ2n) is 4.14. The quantitative estimate of drug-likeness (QED) is 0.651. The SMILES string of the molecule is Cc1cc(C)c(CC(C)C)c(F)c1. The van der Waals surface area contributed by atoms with Crippen LogP contribution < -0.4 is 0 Å². The summed E-state index contributed by atoms with van der Waals surface area (Å²) in [5.41, 5.74) is 2.95. The Kier molecular flexibility index (Phi) is 3.07. The van der Waals surface area contributed by atoms with E-state index in [1.54, 1.807) is 6.07 Å². The van der Waals surface area contributed by atoms with Gasteiger partial charge in [0, 0.05) is 0 Å². The van der Waals surface area contributed by atoms with Gasteiger partial charge in [-0.25, -0.2) is 4.39 Å². The van der Waals surface area contributed by atoms with Crippen LogP contribution >= 0.6 is 0 Å². The van der Waals surface area contributed by atoms with Gasteiger partial charge in [-0.05, 0) is 48.9 Å². The van der Waals surface area contributed by atoms with Crippen molar-refractivity contribution in [3.8, 4) is 0 Å². The Morgan fingerprint density at radius 3 is 2.31 bits per heavy atom. The Labute approximate surface area is 79.8 Å². The zero-order valence-corrected chi connectivity index (χ0v) is 8.82. The number of halogens is 1. The molecule has 0 aliphatic rings. The molecule has 1 heteroatoms. The molecular formula is C12H17F. The summed E-state index contributed by atoms with van der Waals surface area (Å²) in [4.78, 5) is 0. The lowest BCUT2D eigenvalue weighted by atomic mass is 9.97. The highest BCUT2D eigenvalue weighted by molar-refractivity contribution is 5.32. The molecule has 1 rings (SSSR count). The van der Waals surface area contributed by atoms with Crippen molar-refractivity contribution in [2.75, 3.05) is 0 Å². The van der Waals surface area contributed by atoms with Crippen LogP contribution in [0.25, 0.3) is 0 Å². The summed E-state index contributed by atoms with van der Waals surface area (Å²) in [6.07, 6.45) is 0.831. The molecule has 0 heterocycles. The van der Waals surface area contributed by atoms with E-state index in [-0.39, 0.29) is 5.82 Å². The molecule has 0 aliphatic carbocycles. The van der Waals surface area contributed by atoms with E-state index in [1.165, 1.54) is 0 Å². The summed E-state index contributed by atoms with van der Waals surface area (Å²) in [6, 6.07) is 3.66. The predicted octanol–water partition coefficient (Wildman–Crippen LogP) is 3.64. The zero-order valence-electron chi connectivity index (χ0n) is 8.82. The van der Waals surface area contributed by atoms with Gasteiger partial charge >= 0.3 is 0 Å². The first-order valence-corrected chi connectivity index (χ1v) is 4.76. The Hall–Kier alpha value is -0.850. The van der Waals surface area contributed by atoms with Gasteiger partial charge in [-0.1, -0.05) is 19.9 Å². The van der Waals surface area contributed by atoms with E-state index in [0.29, 0.717) is 5.92 Å². The molecule has 0 nitrogen and oxygen atoms in total. The molecule has 0 saturated carbocycles. The van der Waals surface area contributed by atoms with Gasteiger partial charge in [0.25, 0.3) is 0 Å². The maximum Gasteiger partial charge on any atom is 0.126 e. The lowest BCUT2D eigenvalue weighted by Gasteiger charge is -2.10. The minimum absolute atomic E-state index is 0.0498. The maximum atomic E-state index is 13.5. The van der Waals surface area contributed by atoms with Gasteiger partial charge in [0.05, 0.1) is 0 Å². The fourth-order valence-corrected chi connectivity index (χ4v) is 1.61. The van der Waals surface area contributed by atoms with Gasteiger partial charge in [-0.3, -0.25) is 0 Å². The topological polar surface area (TPSA) is 0 Å². The van der Waals surface area contributed by atoms with Crippen molar-refractivity contribution in [2.45, 2.75) is 34.1 Å². The molecule has 0 bridgehead atoms. The molecule has 0 N–H and O–H groups in total. The number of rotatable bonds is 2. The fourth-order valence-electron chi connectivity index (χ4n) is 1.61. The molecule has 0 aliphatic heterocycles. The van der Waals surface area contributed by atoms with Crippen LogP contribution in [0.5, 0.6) is 0 Å². The number of hydrogen-bond acceptors (Lipinski definition) is 0. The van der Waals surface area contributed by atoms with Gasteiger partial charge < -0.3 is 0 Å². The molecule has 0 atom stereocenters. The molecule has 0 saturated heterocycles. The Morgan fingerprint density at radius 2 is 1.85 bits per heavy atom. The standard InChI is InChI=1S/C12H17F/c1-8(2)5-11-10(4)6-9(3)7-12(11)13/h6-8H,5H2,1-4H3. The van der Waals surface area contributed by atoms with Crippen molar-refractivity contribution >= 4 is 0 Å². The van der Waals surface area contributed by atoms with Crippen molar-refractivity contribution in [1.29, 1.82) is 0 Å². The molecule has 0 fully saturated rings. The fraction of sp³-hybridized carbons (Fsp3) is 0.500. The van der Waals surface area contributed by atoms with Crippen LogP contribution in [0.2, 0.25) is 0 Å². The highest BCUT2D eigenvalue weighted by atomic mass is 19.1. The van der Waals surface area contributed by atoms with Gasteiger partial charge in [-0.15, -0.1) is 0 Å². The van der Waals surface area contributed by atoms with Crippen molar-refractivity contribution < 1.29 is 4.39 Å². The second kappa shape index (κ2) is 3.91. The van der Waals surface area contributed by atoms with Crippen LogP contribution in [0.3, 0.4) is 0 Å². The predicted molar refractivity (Wildman–Crippen MR) is 54.4 cm³/mol. The molecule has 0 radical (unpaired) electrons. The molecule has 0 spiro atoms. The summed E-state index contributed by atoms with van der Waals surface area (Å²) in [6.45, 7) is 8.13. The van der Waals surface area contributed by atoms with Crippen LogP contribution in [0.15, 0.2) is 12.1 Å².